The first-order chi connectivity index (χ1) is 13.5. The van der Waals surface area contributed by atoms with Gasteiger partial charge in [-0.05, 0) is 30.3 Å². The Morgan fingerprint density at radius 3 is 2.61 bits per heavy atom. The van der Waals surface area contributed by atoms with Gasteiger partial charge in [0, 0.05) is 25.4 Å². The smallest absolute Gasteiger partial charge is 0.223 e. The second kappa shape index (κ2) is 8.72. The summed E-state index contributed by atoms with van der Waals surface area (Å²) in [5.41, 5.74) is 2.62. The lowest BCUT2D eigenvalue weighted by atomic mass is 10.2. The SMILES string of the molecule is CC(=O)/C(=N/Nc1ccc(-n2cccn2)cc1F)C(=O)COc1ccccc1. The van der Waals surface area contributed by atoms with E-state index in [9.17, 15) is 14.0 Å². The predicted octanol–water partition coefficient (Wildman–Crippen LogP) is 3.02. The second-order valence-electron chi connectivity index (χ2n) is 5.77. The molecule has 8 heteroatoms. The molecule has 142 valence electrons. The van der Waals surface area contributed by atoms with E-state index in [-0.39, 0.29) is 18.0 Å². The molecular formula is C20H17FN4O3. The van der Waals surface area contributed by atoms with E-state index in [1.165, 1.54) is 23.7 Å². The Hall–Kier alpha value is -3.81. The minimum Gasteiger partial charge on any atom is -0.485 e. The zero-order valence-corrected chi connectivity index (χ0v) is 15.0. The van der Waals surface area contributed by atoms with E-state index in [0.29, 0.717) is 11.4 Å². The summed E-state index contributed by atoms with van der Waals surface area (Å²) in [7, 11) is 0. The highest BCUT2D eigenvalue weighted by Gasteiger charge is 2.18. The first kappa shape index (κ1) is 19.0. The van der Waals surface area contributed by atoms with E-state index in [4.69, 9.17) is 4.74 Å². The van der Waals surface area contributed by atoms with Crippen LogP contribution in [0.1, 0.15) is 6.92 Å². The maximum Gasteiger partial charge on any atom is 0.223 e. The van der Waals surface area contributed by atoms with Crippen LogP contribution in [0, 0.1) is 5.82 Å². The highest BCUT2D eigenvalue weighted by Crippen LogP contribution is 2.18. The minimum absolute atomic E-state index is 0.0198. The van der Waals surface area contributed by atoms with Crippen LogP contribution in [-0.4, -0.2) is 33.7 Å². The summed E-state index contributed by atoms with van der Waals surface area (Å²) < 4.78 is 21.1. The van der Waals surface area contributed by atoms with Gasteiger partial charge in [-0.1, -0.05) is 18.2 Å². The van der Waals surface area contributed by atoms with E-state index in [1.54, 1.807) is 48.8 Å². The van der Waals surface area contributed by atoms with Gasteiger partial charge in [0.05, 0.1) is 11.4 Å². The monoisotopic (exact) mass is 380 g/mol. The molecule has 0 atom stereocenters. The van der Waals surface area contributed by atoms with Crippen molar-refractivity contribution < 1.29 is 18.7 Å². The van der Waals surface area contributed by atoms with Crippen molar-refractivity contribution in [3.63, 3.8) is 0 Å². The molecule has 0 unspecified atom stereocenters. The van der Waals surface area contributed by atoms with Gasteiger partial charge in [-0.2, -0.15) is 10.2 Å². The molecule has 3 rings (SSSR count). The lowest BCUT2D eigenvalue weighted by Gasteiger charge is -2.08. The van der Waals surface area contributed by atoms with Gasteiger partial charge in [0.1, 0.15) is 11.6 Å². The first-order valence-corrected chi connectivity index (χ1v) is 8.40. The average molecular weight is 380 g/mol. The summed E-state index contributed by atoms with van der Waals surface area (Å²) >= 11 is 0. The molecule has 0 radical (unpaired) electrons. The third-order valence-corrected chi connectivity index (χ3v) is 3.72. The van der Waals surface area contributed by atoms with Crippen molar-refractivity contribution in [3.8, 4) is 11.4 Å². The Bertz CT molecular complexity index is 1000. The Labute approximate surface area is 160 Å². The van der Waals surface area contributed by atoms with E-state index in [0.717, 1.165) is 0 Å². The normalized spacial score (nSPS) is 11.1. The van der Waals surface area contributed by atoms with Gasteiger partial charge in [-0.15, -0.1) is 0 Å². The molecule has 28 heavy (non-hydrogen) atoms. The number of ketones is 2. The Morgan fingerprint density at radius 1 is 1.18 bits per heavy atom. The van der Waals surface area contributed by atoms with Gasteiger partial charge in [-0.3, -0.25) is 15.0 Å². The molecule has 2 aromatic carbocycles. The maximum absolute atomic E-state index is 14.3. The number of anilines is 1. The van der Waals surface area contributed by atoms with E-state index < -0.39 is 17.4 Å². The highest BCUT2D eigenvalue weighted by atomic mass is 19.1. The summed E-state index contributed by atoms with van der Waals surface area (Å²) in [4.78, 5) is 24.0. The fourth-order valence-electron chi connectivity index (χ4n) is 2.35. The molecule has 0 spiro atoms. The Balaban J connectivity index is 1.70. The van der Waals surface area contributed by atoms with Gasteiger partial charge in [0.25, 0.3) is 0 Å². The van der Waals surface area contributed by atoms with Gasteiger partial charge >= 0.3 is 0 Å². The number of halogens is 1. The molecule has 3 aromatic rings. The number of benzene rings is 2. The number of rotatable bonds is 8. The number of nitrogens with one attached hydrogen (secondary N) is 1. The van der Waals surface area contributed by atoms with Crippen LogP contribution in [0.15, 0.2) is 72.1 Å². The standard InChI is InChI=1S/C20H17FN4O3/c1-14(26)20(19(27)13-28-16-6-3-2-4-7-16)24-23-18-9-8-15(12-17(18)21)25-11-5-10-22-25/h2-12,23H,13H2,1H3/b24-20-. The number of hydrazone groups is 1. The lowest BCUT2D eigenvalue weighted by molar-refractivity contribution is -0.117. The van der Waals surface area contributed by atoms with Crippen molar-refractivity contribution in [2.45, 2.75) is 6.92 Å². The van der Waals surface area contributed by atoms with Crippen LogP contribution in [0.4, 0.5) is 10.1 Å². The van der Waals surface area contributed by atoms with Crippen molar-refractivity contribution in [2.75, 3.05) is 12.0 Å². The van der Waals surface area contributed by atoms with Crippen molar-refractivity contribution in [2.24, 2.45) is 5.10 Å². The van der Waals surface area contributed by atoms with Crippen LogP contribution < -0.4 is 10.2 Å². The van der Waals surface area contributed by atoms with Crippen LogP contribution in [0.2, 0.25) is 0 Å². The molecule has 1 aromatic heterocycles. The number of carbonyl (C=O) groups excluding carboxylic acids is 2. The molecule has 0 amide bonds. The number of ether oxygens (including phenoxy) is 1. The van der Waals surface area contributed by atoms with Gasteiger partial charge in [0.2, 0.25) is 5.78 Å². The van der Waals surface area contributed by atoms with Crippen LogP contribution in [0.3, 0.4) is 0 Å². The summed E-state index contributed by atoms with van der Waals surface area (Å²) in [6.07, 6.45) is 3.26. The van der Waals surface area contributed by atoms with Crippen LogP contribution >= 0.6 is 0 Å². The molecule has 1 N–H and O–H groups in total. The number of carbonyl (C=O) groups is 2. The largest absolute Gasteiger partial charge is 0.485 e. The molecule has 0 aliphatic rings. The number of hydrogen-bond donors (Lipinski definition) is 1. The second-order valence-corrected chi connectivity index (χ2v) is 5.77. The Morgan fingerprint density at radius 2 is 1.96 bits per heavy atom. The van der Waals surface area contributed by atoms with Gasteiger partial charge in [0.15, 0.2) is 18.1 Å². The summed E-state index contributed by atoms with van der Waals surface area (Å²) in [6, 6.07) is 14.8. The number of hydrogen-bond acceptors (Lipinski definition) is 6. The zero-order chi connectivity index (χ0) is 19.9. The average Bonchev–Trinajstić information content (AvgIpc) is 3.23. The quantitative estimate of drug-likeness (QED) is 0.369. The van der Waals surface area contributed by atoms with E-state index in [1.807, 2.05) is 6.07 Å². The van der Waals surface area contributed by atoms with Crippen LogP contribution in [0.5, 0.6) is 5.75 Å². The number of para-hydroxylation sites is 1. The maximum atomic E-state index is 14.3. The fourth-order valence-corrected chi connectivity index (χ4v) is 2.35. The molecule has 0 bridgehead atoms. The lowest BCUT2D eigenvalue weighted by Crippen LogP contribution is -2.28. The van der Waals surface area contributed by atoms with Crippen molar-refractivity contribution in [1.82, 2.24) is 9.78 Å². The molecule has 7 nitrogen and oxygen atoms in total. The number of nitrogens with zero attached hydrogens (tertiary/aromatic N) is 3. The molecule has 0 aliphatic heterocycles. The predicted molar refractivity (Wildman–Crippen MR) is 102 cm³/mol. The van der Waals surface area contributed by atoms with Crippen molar-refractivity contribution >= 4 is 23.0 Å². The van der Waals surface area contributed by atoms with Gasteiger partial charge < -0.3 is 4.74 Å². The van der Waals surface area contributed by atoms with Crippen molar-refractivity contribution in [3.05, 3.63) is 72.8 Å². The Kier molecular flexibility index (Phi) is 5.91. The molecular weight excluding hydrogens is 363 g/mol. The molecule has 0 aliphatic carbocycles. The summed E-state index contributed by atoms with van der Waals surface area (Å²) in [6.45, 7) is 0.850. The topological polar surface area (TPSA) is 85.6 Å². The third-order valence-electron chi connectivity index (χ3n) is 3.72. The minimum atomic E-state index is -0.613. The molecule has 0 fully saturated rings. The first-order valence-electron chi connectivity index (χ1n) is 8.40. The number of aromatic nitrogens is 2. The molecule has 1 heterocycles. The van der Waals surface area contributed by atoms with Crippen molar-refractivity contribution in [1.29, 1.82) is 0 Å². The third kappa shape index (κ3) is 4.67. The fraction of sp³-hybridized carbons (Fsp3) is 0.100. The molecule has 0 saturated heterocycles. The van der Waals surface area contributed by atoms with Crippen LogP contribution in [0.25, 0.3) is 5.69 Å². The highest BCUT2D eigenvalue weighted by molar-refractivity contribution is 6.66. The summed E-state index contributed by atoms with van der Waals surface area (Å²) in [5.74, 6) is -1.28. The number of Topliss-reactive ketones (excluding diaryl/α,β-unsaturated/α-hetero) is 2. The van der Waals surface area contributed by atoms with Gasteiger partial charge in [-0.25, -0.2) is 9.07 Å². The summed E-state index contributed by atoms with van der Waals surface area (Å²) in [5, 5.41) is 7.81. The van der Waals surface area contributed by atoms with E-state index in [2.05, 4.69) is 15.6 Å². The molecule has 0 saturated carbocycles. The van der Waals surface area contributed by atoms with Crippen LogP contribution in [-0.2, 0) is 9.59 Å². The van der Waals surface area contributed by atoms with E-state index >= 15 is 0 Å². The zero-order valence-electron chi connectivity index (χ0n) is 15.0.